The number of rotatable bonds is 4. The summed E-state index contributed by atoms with van der Waals surface area (Å²) in [4.78, 5) is 16.0. The predicted molar refractivity (Wildman–Crippen MR) is 81.2 cm³/mol. The van der Waals surface area contributed by atoms with Crippen LogP contribution in [0.2, 0.25) is 0 Å². The highest BCUT2D eigenvalue weighted by molar-refractivity contribution is 9.10. The maximum atomic E-state index is 11.9. The standard InChI is InChI=1S/C15H13BrN2O3/c1-2-20-15(19)13-8-21-14-10(5-11(16)6-12(13)14)7-18-4-3-17-9-18/h3-6,8-9H,2,7H2,1H3. The van der Waals surface area contributed by atoms with Crippen LogP contribution in [-0.2, 0) is 11.3 Å². The van der Waals surface area contributed by atoms with Crippen molar-refractivity contribution in [2.24, 2.45) is 0 Å². The molecule has 0 N–H and O–H groups in total. The minimum absolute atomic E-state index is 0.335. The van der Waals surface area contributed by atoms with Crippen molar-refractivity contribution < 1.29 is 13.9 Å². The van der Waals surface area contributed by atoms with Crippen molar-refractivity contribution in [2.75, 3.05) is 6.61 Å². The average molecular weight is 349 g/mol. The Balaban J connectivity index is 2.07. The van der Waals surface area contributed by atoms with E-state index in [1.165, 1.54) is 6.26 Å². The molecule has 6 heteroatoms. The predicted octanol–water partition coefficient (Wildman–Crippen LogP) is 3.62. The summed E-state index contributed by atoms with van der Waals surface area (Å²) in [6.45, 7) is 2.73. The summed E-state index contributed by atoms with van der Waals surface area (Å²) in [5.41, 5.74) is 2.10. The maximum absolute atomic E-state index is 11.9. The summed E-state index contributed by atoms with van der Waals surface area (Å²) in [5, 5.41) is 0.748. The molecule has 0 radical (unpaired) electrons. The SMILES string of the molecule is CCOC(=O)c1coc2c(Cn3ccnc3)cc(Br)cc12. The molecular formula is C15H13BrN2O3. The molecule has 2 aromatic heterocycles. The van der Waals surface area contributed by atoms with Crippen molar-refractivity contribution in [2.45, 2.75) is 13.5 Å². The molecule has 0 aliphatic rings. The number of aromatic nitrogens is 2. The van der Waals surface area contributed by atoms with E-state index >= 15 is 0 Å². The highest BCUT2D eigenvalue weighted by atomic mass is 79.9. The van der Waals surface area contributed by atoms with E-state index in [0.29, 0.717) is 24.3 Å². The molecule has 0 atom stereocenters. The van der Waals surface area contributed by atoms with Crippen LogP contribution in [0, 0.1) is 0 Å². The normalized spacial score (nSPS) is 11.0. The van der Waals surface area contributed by atoms with Crippen LogP contribution in [0.4, 0.5) is 0 Å². The van der Waals surface area contributed by atoms with E-state index in [-0.39, 0.29) is 5.97 Å². The molecule has 21 heavy (non-hydrogen) atoms. The van der Waals surface area contributed by atoms with Gasteiger partial charge in [-0.15, -0.1) is 0 Å². The fraction of sp³-hybridized carbons (Fsp3) is 0.200. The molecular weight excluding hydrogens is 336 g/mol. The number of carbonyl (C=O) groups is 1. The van der Waals surface area contributed by atoms with Crippen LogP contribution in [0.25, 0.3) is 11.0 Å². The summed E-state index contributed by atoms with van der Waals surface area (Å²) < 4.78 is 13.5. The number of furan rings is 1. The number of hydrogen-bond donors (Lipinski definition) is 0. The first-order valence-corrected chi connectivity index (χ1v) is 7.31. The molecule has 3 aromatic rings. The molecule has 108 valence electrons. The second kappa shape index (κ2) is 5.73. The molecule has 3 rings (SSSR count). The average Bonchev–Trinajstić information content (AvgIpc) is 3.07. The van der Waals surface area contributed by atoms with Gasteiger partial charge in [0.1, 0.15) is 17.4 Å². The van der Waals surface area contributed by atoms with E-state index in [0.717, 1.165) is 15.4 Å². The number of hydrogen-bond acceptors (Lipinski definition) is 4. The first-order valence-electron chi connectivity index (χ1n) is 6.51. The van der Waals surface area contributed by atoms with Crippen molar-refractivity contribution in [3.05, 3.63) is 52.7 Å². The highest BCUT2D eigenvalue weighted by Gasteiger charge is 2.18. The van der Waals surface area contributed by atoms with E-state index in [1.54, 1.807) is 19.4 Å². The lowest BCUT2D eigenvalue weighted by molar-refractivity contribution is 0.0527. The number of carbonyl (C=O) groups excluding carboxylic acids is 1. The van der Waals surface area contributed by atoms with Crippen molar-refractivity contribution in [1.82, 2.24) is 9.55 Å². The van der Waals surface area contributed by atoms with Crippen LogP contribution in [0.5, 0.6) is 0 Å². The van der Waals surface area contributed by atoms with E-state index in [2.05, 4.69) is 20.9 Å². The number of imidazole rings is 1. The third-order valence-corrected chi connectivity index (χ3v) is 3.58. The van der Waals surface area contributed by atoms with Crippen LogP contribution in [0.15, 0.2) is 46.0 Å². The summed E-state index contributed by atoms with van der Waals surface area (Å²) in [6.07, 6.45) is 6.79. The van der Waals surface area contributed by atoms with Gasteiger partial charge in [0.05, 0.1) is 19.5 Å². The van der Waals surface area contributed by atoms with Gasteiger partial charge in [0, 0.05) is 27.8 Å². The van der Waals surface area contributed by atoms with Gasteiger partial charge in [-0.25, -0.2) is 9.78 Å². The molecule has 0 spiro atoms. The third-order valence-electron chi connectivity index (χ3n) is 3.12. The van der Waals surface area contributed by atoms with Crippen LogP contribution < -0.4 is 0 Å². The van der Waals surface area contributed by atoms with Crippen LogP contribution in [0.1, 0.15) is 22.8 Å². The molecule has 1 aromatic carbocycles. The van der Waals surface area contributed by atoms with Gasteiger partial charge in [0.2, 0.25) is 0 Å². The fourth-order valence-electron chi connectivity index (χ4n) is 2.23. The zero-order valence-electron chi connectivity index (χ0n) is 11.4. The first-order chi connectivity index (χ1) is 10.2. The number of fused-ring (bicyclic) bond motifs is 1. The van der Waals surface area contributed by atoms with Gasteiger partial charge in [-0.2, -0.15) is 0 Å². The molecule has 0 saturated heterocycles. The lowest BCUT2D eigenvalue weighted by atomic mass is 10.1. The summed E-state index contributed by atoms with van der Waals surface area (Å²) in [6, 6.07) is 3.84. The molecule has 0 aliphatic heterocycles. The van der Waals surface area contributed by atoms with Gasteiger partial charge in [0.15, 0.2) is 0 Å². The van der Waals surface area contributed by atoms with E-state index in [1.807, 2.05) is 22.9 Å². The number of esters is 1. The topological polar surface area (TPSA) is 57.3 Å². The van der Waals surface area contributed by atoms with Crippen LogP contribution in [0.3, 0.4) is 0 Å². The smallest absolute Gasteiger partial charge is 0.342 e. The van der Waals surface area contributed by atoms with Crippen molar-refractivity contribution >= 4 is 32.9 Å². The largest absolute Gasteiger partial charge is 0.463 e. The Morgan fingerprint density at radius 2 is 2.33 bits per heavy atom. The number of benzene rings is 1. The van der Waals surface area contributed by atoms with Crippen molar-refractivity contribution in [1.29, 1.82) is 0 Å². The Hall–Kier alpha value is -2.08. The maximum Gasteiger partial charge on any atom is 0.342 e. The summed E-state index contributed by atoms with van der Waals surface area (Å²) in [7, 11) is 0. The molecule has 0 saturated carbocycles. The van der Waals surface area contributed by atoms with Gasteiger partial charge < -0.3 is 13.7 Å². The lowest BCUT2D eigenvalue weighted by Crippen LogP contribution is -2.03. The monoisotopic (exact) mass is 348 g/mol. The third kappa shape index (κ3) is 2.71. The molecule has 0 amide bonds. The van der Waals surface area contributed by atoms with Crippen molar-refractivity contribution in [3.8, 4) is 0 Å². The van der Waals surface area contributed by atoms with Gasteiger partial charge in [-0.05, 0) is 19.1 Å². The molecule has 0 aliphatic carbocycles. The molecule has 0 fully saturated rings. The van der Waals surface area contributed by atoms with Gasteiger partial charge in [-0.3, -0.25) is 0 Å². The number of halogens is 1. The Bertz CT molecular complexity index is 778. The van der Waals surface area contributed by atoms with Gasteiger partial charge in [-0.1, -0.05) is 15.9 Å². The zero-order chi connectivity index (χ0) is 14.8. The second-order valence-corrected chi connectivity index (χ2v) is 5.46. The summed E-state index contributed by atoms with van der Waals surface area (Å²) >= 11 is 3.48. The second-order valence-electron chi connectivity index (χ2n) is 4.55. The van der Waals surface area contributed by atoms with Crippen LogP contribution >= 0.6 is 15.9 Å². The Morgan fingerprint density at radius 1 is 1.48 bits per heavy atom. The summed E-state index contributed by atoms with van der Waals surface area (Å²) in [5.74, 6) is -0.372. The Labute approximate surface area is 129 Å². The zero-order valence-corrected chi connectivity index (χ0v) is 13.0. The first kappa shape index (κ1) is 13.9. The van der Waals surface area contributed by atoms with Gasteiger partial charge >= 0.3 is 5.97 Å². The molecule has 5 nitrogen and oxygen atoms in total. The minimum Gasteiger partial charge on any atom is -0.463 e. The number of ether oxygens (including phenoxy) is 1. The molecule has 0 unspecified atom stereocenters. The number of nitrogens with zero attached hydrogens (tertiary/aromatic N) is 2. The quantitative estimate of drug-likeness (QED) is 0.675. The van der Waals surface area contributed by atoms with Crippen molar-refractivity contribution in [3.63, 3.8) is 0 Å². The minimum atomic E-state index is -0.372. The van der Waals surface area contributed by atoms with E-state index in [9.17, 15) is 4.79 Å². The van der Waals surface area contributed by atoms with E-state index < -0.39 is 0 Å². The Kier molecular flexibility index (Phi) is 3.79. The van der Waals surface area contributed by atoms with Crippen LogP contribution in [-0.4, -0.2) is 22.1 Å². The van der Waals surface area contributed by atoms with Gasteiger partial charge in [0.25, 0.3) is 0 Å². The highest BCUT2D eigenvalue weighted by Crippen LogP contribution is 2.29. The molecule has 0 bridgehead atoms. The fourth-order valence-corrected chi connectivity index (χ4v) is 2.74. The molecule has 2 heterocycles. The Morgan fingerprint density at radius 3 is 3.05 bits per heavy atom. The lowest BCUT2D eigenvalue weighted by Gasteiger charge is -2.05. The van der Waals surface area contributed by atoms with E-state index in [4.69, 9.17) is 9.15 Å².